The van der Waals surface area contributed by atoms with Gasteiger partial charge >= 0.3 is 0 Å². The highest BCUT2D eigenvalue weighted by Crippen LogP contribution is 2.30. The predicted octanol–water partition coefficient (Wildman–Crippen LogP) is 7.05. The van der Waals surface area contributed by atoms with Gasteiger partial charge in [0.05, 0.1) is 16.1 Å². The van der Waals surface area contributed by atoms with Gasteiger partial charge < -0.3 is 4.74 Å². The van der Waals surface area contributed by atoms with E-state index in [0.717, 1.165) is 26.9 Å². The van der Waals surface area contributed by atoms with Crippen molar-refractivity contribution in [3.8, 4) is 11.8 Å². The highest BCUT2D eigenvalue weighted by atomic mass is 79.9. The lowest BCUT2D eigenvalue weighted by Crippen LogP contribution is -1.96. The summed E-state index contributed by atoms with van der Waals surface area (Å²) >= 11 is 9.76. The molecule has 0 heterocycles. The van der Waals surface area contributed by atoms with Crippen LogP contribution in [0.15, 0.2) is 71.2 Å². The largest absolute Gasteiger partial charge is 0.488 e. The first-order valence-corrected chi connectivity index (χ1v) is 9.58. The number of nitrogens with zero attached hydrogens (tertiary/aromatic N) is 1. The van der Waals surface area contributed by atoms with Gasteiger partial charge in [-0.25, -0.2) is 0 Å². The van der Waals surface area contributed by atoms with E-state index in [1.165, 1.54) is 5.56 Å². The lowest BCUT2D eigenvalue weighted by Gasteiger charge is -2.10. The molecule has 2 nitrogen and oxygen atoms in total. The summed E-state index contributed by atoms with van der Waals surface area (Å²) < 4.78 is 6.73. The first kappa shape index (κ1) is 19.2. The summed E-state index contributed by atoms with van der Waals surface area (Å²) in [5, 5.41) is 10.1. The van der Waals surface area contributed by atoms with Gasteiger partial charge in [-0.1, -0.05) is 65.7 Å². The van der Waals surface area contributed by atoms with Crippen LogP contribution in [0.25, 0.3) is 11.6 Å². The fourth-order valence-corrected chi connectivity index (χ4v) is 3.33. The van der Waals surface area contributed by atoms with Gasteiger partial charge in [0.15, 0.2) is 0 Å². The van der Waals surface area contributed by atoms with E-state index >= 15 is 0 Å². The molecular formula is C23H17BrClNO. The molecule has 0 spiro atoms. The number of hydrogen-bond acceptors (Lipinski definition) is 2. The lowest BCUT2D eigenvalue weighted by atomic mass is 10.0. The molecule has 0 radical (unpaired) electrons. The quantitative estimate of drug-likeness (QED) is 0.316. The number of hydrogen-bond donors (Lipinski definition) is 0. The summed E-state index contributed by atoms with van der Waals surface area (Å²) in [7, 11) is 0. The van der Waals surface area contributed by atoms with Crippen molar-refractivity contribution in [1.82, 2.24) is 0 Å². The summed E-state index contributed by atoms with van der Waals surface area (Å²) in [6, 6.07) is 23.5. The van der Waals surface area contributed by atoms with E-state index in [9.17, 15) is 5.26 Å². The first-order chi connectivity index (χ1) is 13.1. The Morgan fingerprint density at radius 1 is 1.11 bits per heavy atom. The molecule has 0 unspecified atom stereocenters. The number of ether oxygens (including phenoxy) is 1. The van der Waals surface area contributed by atoms with Crippen molar-refractivity contribution in [1.29, 1.82) is 5.26 Å². The normalized spacial score (nSPS) is 11.1. The molecule has 3 aromatic rings. The molecule has 3 aromatic carbocycles. The van der Waals surface area contributed by atoms with Crippen LogP contribution in [0.5, 0.6) is 5.75 Å². The molecular weight excluding hydrogens is 422 g/mol. The first-order valence-electron chi connectivity index (χ1n) is 8.41. The van der Waals surface area contributed by atoms with E-state index in [1.54, 1.807) is 6.07 Å². The number of rotatable bonds is 5. The molecule has 0 bridgehead atoms. The Labute approximate surface area is 172 Å². The van der Waals surface area contributed by atoms with Crippen molar-refractivity contribution in [2.75, 3.05) is 0 Å². The van der Waals surface area contributed by atoms with Gasteiger partial charge in [0.25, 0.3) is 0 Å². The maximum Gasteiger partial charge on any atom is 0.134 e. The SMILES string of the molecule is Cc1ccc(COc2ccc(C=C(C#N)c3ccccc3Cl)cc2Br)cc1. The minimum atomic E-state index is 0.497. The Kier molecular flexibility index (Phi) is 6.34. The highest BCUT2D eigenvalue weighted by Gasteiger charge is 2.07. The number of benzene rings is 3. The molecule has 0 aliphatic heterocycles. The Hall–Kier alpha value is -2.54. The van der Waals surface area contributed by atoms with Crippen LogP contribution in [-0.4, -0.2) is 0 Å². The zero-order chi connectivity index (χ0) is 19.2. The zero-order valence-electron chi connectivity index (χ0n) is 14.7. The molecule has 3 rings (SSSR count). The van der Waals surface area contributed by atoms with Gasteiger partial charge in [0.2, 0.25) is 0 Å². The molecule has 0 N–H and O–H groups in total. The van der Waals surface area contributed by atoms with Gasteiger partial charge in [0, 0.05) is 10.6 Å². The average molecular weight is 439 g/mol. The topological polar surface area (TPSA) is 33.0 Å². The number of halogens is 2. The van der Waals surface area contributed by atoms with Crippen LogP contribution in [0, 0.1) is 18.3 Å². The highest BCUT2D eigenvalue weighted by molar-refractivity contribution is 9.10. The fraction of sp³-hybridized carbons (Fsp3) is 0.0870. The third kappa shape index (κ3) is 5.01. The van der Waals surface area contributed by atoms with Crippen molar-refractivity contribution >= 4 is 39.2 Å². The summed E-state index contributed by atoms with van der Waals surface area (Å²) in [5.74, 6) is 0.754. The Bertz CT molecular complexity index is 1020. The molecule has 134 valence electrons. The Morgan fingerprint density at radius 2 is 1.85 bits per heavy atom. The molecule has 0 saturated heterocycles. The van der Waals surface area contributed by atoms with Crippen molar-refractivity contribution in [3.63, 3.8) is 0 Å². The monoisotopic (exact) mass is 437 g/mol. The van der Waals surface area contributed by atoms with Gasteiger partial charge in [0.1, 0.15) is 12.4 Å². The molecule has 0 aliphatic carbocycles. The second kappa shape index (κ2) is 8.90. The maximum absolute atomic E-state index is 9.51. The maximum atomic E-state index is 9.51. The van der Waals surface area contributed by atoms with Gasteiger partial charge in [-0.15, -0.1) is 0 Å². The van der Waals surface area contributed by atoms with Crippen LogP contribution < -0.4 is 4.74 Å². The minimum Gasteiger partial charge on any atom is -0.488 e. The van der Waals surface area contributed by atoms with E-state index < -0.39 is 0 Å². The molecule has 27 heavy (non-hydrogen) atoms. The van der Waals surface area contributed by atoms with Gasteiger partial charge in [-0.2, -0.15) is 5.26 Å². The summed E-state index contributed by atoms with van der Waals surface area (Å²) in [6.45, 7) is 2.56. The third-order valence-corrected chi connectivity index (χ3v) is 5.02. The van der Waals surface area contributed by atoms with E-state index in [2.05, 4.69) is 53.2 Å². The second-order valence-electron chi connectivity index (χ2n) is 6.11. The standard InChI is InChI=1S/C23H17BrClNO/c1-16-6-8-17(9-7-16)15-27-23-11-10-18(13-21(23)24)12-19(14-26)20-4-2-3-5-22(20)25/h2-13H,15H2,1H3. The van der Waals surface area contributed by atoms with Crippen molar-refractivity contribution < 1.29 is 4.74 Å². The van der Waals surface area contributed by atoms with Crippen molar-refractivity contribution in [2.24, 2.45) is 0 Å². The van der Waals surface area contributed by atoms with Crippen molar-refractivity contribution in [2.45, 2.75) is 13.5 Å². The van der Waals surface area contributed by atoms with Crippen LogP contribution in [0.3, 0.4) is 0 Å². The molecule has 0 saturated carbocycles. The van der Waals surface area contributed by atoms with E-state index in [-0.39, 0.29) is 0 Å². The number of aryl methyl sites for hydroxylation is 1. The number of allylic oxidation sites excluding steroid dienone is 1. The lowest BCUT2D eigenvalue weighted by molar-refractivity contribution is 0.304. The van der Waals surface area contributed by atoms with Crippen molar-refractivity contribution in [3.05, 3.63) is 98.5 Å². The van der Waals surface area contributed by atoms with Crippen LogP contribution in [0.1, 0.15) is 22.3 Å². The van der Waals surface area contributed by atoms with E-state index in [0.29, 0.717) is 17.2 Å². The average Bonchev–Trinajstić information content (AvgIpc) is 2.67. The van der Waals surface area contributed by atoms with Crippen LogP contribution in [0.2, 0.25) is 5.02 Å². The van der Waals surface area contributed by atoms with Crippen LogP contribution >= 0.6 is 27.5 Å². The van der Waals surface area contributed by atoms with Crippen LogP contribution in [-0.2, 0) is 6.61 Å². The predicted molar refractivity (Wildman–Crippen MR) is 115 cm³/mol. The molecule has 0 atom stereocenters. The summed E-state index contributed by atoms with van der Waals surface area (Å²) in [6.07, 6.45) is 1.82. The van der Waals surface area contributed by atoms with Crippen LogP contribution in [0.4, 0.5) is 0 Å². The fourth-order valence-electron chi connectivity index (χ4n) is 2.59. The van der Waals surface area contributed by atoms with Gasteiger partial charge in [-0.3, -0.25) is 0 Å². The summed E-state index contributed by atoms with van der Waals surface area (Å²) in [5.41, 5.74) is 4.46. The smallest absolute Gasteiger partial charge is 0.134 e. The molecule has 0 amide bonds. The molecule has 0 aliphatic rings. The summed E-state index contributed by atoms with van der Waals surface area (Å²) in [4.78, 5) is 0. The molecule has 0 aromatic heterocycles. The minimum absolute atomic E-state index is 0.497. The van der Waals surface area contributed by atoms with Gasteiger partial charge in [-0.05, 0) is 58.3 Å². The second-order valence-corrected chi connectivity index (χ2v) is 7.38. The Morgan fingerprint density at radius 3 is 2.52 bits per heavy atom. The van der Waals surface area contributed by atoms with E-state index in [4.69, 9.17) is 16.3 Å². The molecule has 4 heteroatoms. The molecule has 0 fully saturated rings. The zero-order valence-corrected chi connectivity index (χ0v) is 17.1. The van der Waals surface area contributed by atoms with E-state index in [1.807, 2.05) is 42.5 Å². The Balaban J connectivity index is 1.78. The third-order valence-electron chi connectivity index (χ3n) is 4.07. The number of nitriles is 1.